The molecule has 0 saturated heterocycles. The summed E-state index contributed by atoms with van der Waals surface area (Å²) in [6, 6.07) is 3.48. The average Bonchev–Trinajstić information content (AvgIpc) is 2.88. The Morgan fingerprint density at radius 3 is 2.83 bits per heavy atom. The number of carbonyl (C=O) groups is 1. The van der Waals surface area contributed by atoms with Crippen LogP contribution in [0.2, 0.25) is 0 Å². The molecule has 0 spiro atoms. The zero-order chi connectivity index (χ0) is 13.1. The van der Waals surface area contributed by atoms with Gasteiger partial charge in [-0.1, -0.05) is 11.3 Å². The summed E-state index contributed by atoms with van der Waals surface area (Å²) in [4.78, 5) is 16.6. The van der Waals surface area contributed by atoms with Crippen LogP contribution in [-0.4, -0.2) is 29.7 Å². The maximum Gasteiger partial charge on any atom is 0.273 e. The van der Waals surface area contributed by atoms with Crippen molar-refractivity contribution >= 4 is 29.4 Å². The maximum absolute atomic E-state index is 10.9. The lowest BCUT2D eigenvalue weighted by Crippen LogP contribution is -1.86. The number of ether oxygens (including phenoxy) is 1. The van der Waals surface area contributed by atoms with Gasteiger partial charge in [0.05, 0.1) is 22.4 Å². The van der Waals surface area contributed by atoms with E-state index in [2.05, 4.69) is 4.98 Å². The molecule has 0 fully saturated rings. The van der Waals surface area contributed by atoms with E-state index in [1.54, 1.807) is 19.4 Å². The number of phenolic OH excluding ortho intramolecular Hbond substituents is 1. The predicted octanol–water partition coefficient (Wildman–Crippen LogP) is 3.06. The molecule has 0 atom stereocenters. The van der Waals surface area contributed by atoms with Crippen molar-refractivity contribution in [1.82, 2.24) is 4.98 Å². The summed E-state index contributed by atoms with van der Waals surface area (Å²) in [5.41, 5.74) is 1.13. The molecule has 2 aromatic rings. The van der Waals surface area contributed by atoms with Crippen LogP contribution in [0.25, 0.3) is 10.4 Å². The standard InChI is InChI=1S/C12H11NO3S2/c1-16-12-13-5-10(18-12)7-3-8(6-14)11(15)9(4-7)17-2/h3-6,15H,1-2H3. The van der Waals surface area contributed by atoms with Gasteiger partial charge in [-0.3, -0.25) is 4.79 Å². The van der Waals surface area contributed by atoms with Gasteiger partial charge in [0.2, 0.25) is 0 Å². The van der Waals surface area contributed by atoms with E-state index in [-0.39, 0.29) is 11.3 Å². The van der Waals surface area contributed by atoms with Crippen LogP contribution in [0.5, 0.6) is 10.9 Å². The van der Waals surface area contributed by atoms with Gasteiger partial charge in [-0.05, 0) is 24.0 Å². The fourth-order valence-electron chi connectivity index (χ4n) is 1.50. The second-order valence-corrected chi connectivity index (χ2v) is 5.27. The lowest BCUT2D eigenvalue weighted by molar-refractivity contribution is 0.112. The van der Waals surface area contributed by atoms with Gasteiger partial charge in [0.1, 0.15) is 5.75 Å². The molecule has 0 aliphatic heterocycles. The first kappa shape index (κ1) is 12.9. The Bertz CT molecular complexity index is 581. The highest BCUT2D eigenvalue weighted by Crippen LogP contribution is 2.37. The fourth-order valence-corrected chi connectivity index (χ4v) is 2.78. The number of phenols is 1. The number of thioether (sulfide) groups is 1. The Kier molecular flexibility index (Phi) is 3.88. The number of aromatic nitrogens is 1. The lowest BCUT2D eigenvalue weighted by atomic mass is 10.1. The van der Waals surface area contributed by atoms with E-state index >= 15 is 0 Å². The number of rotatable bonds is 4. The molecule has 0 aliphatic rings. The Morgan fingerprint density at radius 2 is 2.28 bits per heavy atom. The van der Waals surface area contributed by atoms with E-state index in [0.717, 1.165) is 10.4 Å². The van der Waals surface area contributed by atoms with Crippen molar-refractivity contribution in [2.24, 2.45) is 0 Å². The number of hydrogen-bond donors (Lipinski definition) is 1. The maximum atomic E-state index is 10.9. The van der Waals surface area contributed by atoms with Gasteiger partial charge in [-0.15, -0.1) is 11.8 Å². The summed E-state index contributed by atoms with van der Waals surface area (Å²) in [5, 5.41) is 10.4. The van der Waals surface area contributed by atoms with Gasteiger partial charge in [0.15, 0.2) is 6.29 Å². The second-order valence-electron chi connectivity index (χ2n) is 3.43. The fraction of sp³-hybridized carbons (Fsp3) is 0.167. The highest BCUT2D eigenvalue weighted by atomic mass is 32.2. The second kappa shape index (κ2) is 5.41. The van der Waals surface area contributed by atoms with Gasteiger partial charge in [0, 0.05) is 6.20 Å². The van der Waals surface area contributed by atoms with Crippen LogP contribution in [-0.2, 0) is 0 Å². The first-order valence-electron chi connectivity index (χ1n) is 5.06. The number of hydrogen-bond acceptors (Lipinski definition) is 6. The van der Waals surface area contributed by atoms with Crippen LogP contribution in [0.4, 0.5) is 0 Å². The molecule has 1 aromatic carbocycles. The van der Waals surface area contributed by atoms with Crippen molar-refractivity contribution in [3.05, 3.63) is 23.9 Å². The average molecular weight is 281 g/mol. The Labute approximate surface area is 113 Å². The van der Waals surface area contributed by atoms with E-state index in [1.165, 1.54) is 23.1 Å². The zero-order valence-electron chi connectivity index (χ0n) is 9.84. The van der Waals surface area contributed by atoms with E-state index < -0.39 is 0 Å². The third-order valence-electron chi connectivity index (χ3n) is 2.39. The Morgan fingerprint density at radius 1 is 1.50 bits per heavy atom. The molecular formula is C12H11NO3S2. The molecule has 0 bridgehead atoms. The summed E-state index contributed by atoms with van der Waals surface area (Å²) >= 11 is 2.78. The number of aldehydes is 1. The molecule has 0 aliphatic carbocycles. The number of aromatic hydroxyl groups is 1. The molecule has 4 nitrogen and oxygen atoms in total. The number of nitrogens with zero attached hydrogens (tertiary/aromatic N) is 1. The van der Waals surface area contributed by atoms with Crippen LogP contribution >= 0.6 is 23.1 Å². The monoisotopic (exact) mass is 281 g/mol. The third kappa shape index (κ3) is 2.34. The van der Waals surface area contributed by atoms with Crippen LogP contribution in [0, 0.1) is 0 Å². The van der Waals surface area contributed by atoms with Gasteiger partial charge in [-0.25, -0.2) is 4.98 Å². The van der Waals surface area contributed by atoms with E-state index in [1.807, 2.05) is 12.3 Å². The minimum Gasteiger partial charge on any atom is -0.506 e. The molecule has 18 heavy (non-hydrogen) atoms. The van der Waals surface area contributed by atoms with Crippen molar-refractivity contribution in [3.63, 3.8) is 0 Å². The van der Waals surface area contributed by atoms with Crippen molar-refractivity contribution in [3.8, 4) is 21.4 Å². The minimum absolute atomic E-state index is 0.0257. The van der Waals surface area contributed by atoms with Gasteiger partial charge < -0.3 is 9.84 Å². The molecule has 1 aromatic heterocycles. The van der Waals surface area contributed by atoms with Gasteiger partial charge in [-0.2, -0.15) is 0 Å². The van der Waals surface area contributed by atoms with E-state index in [9.17, 15) is 9.90 Å². The quantitative estimate of drug-likeness (QED) is 0.689. The van der Waals surface area contributed by atoms with Crippen LogP contribution < -0.4 is 4.74 Å². The molecule has 6 heteroatoms. The predicted molar refractivity (Wildman–Crippen MR) is 72.9 cm³/mol. The van der Waals surface area contributed by atoms with Crippen molar-refractivity contribution in [2.45, 2.75) is 4.90 Å². The van der Waals surface area contributed by atoms with Crippen molar-refractivity contribution < 1.29 is 14.6 Å². The number of carbonyl (C=O) groups excluding carboxylic acids is 1. The van der Waals surface area contributed by atoms with Gasteiger partial charge in [0.25, 0.3) is 5.19 Å². The first-order chi connectivity index (χ1) is 8.69. The molecular weight excluding hydrogens is 270 g/mol. The molecule has 1 heterocycles. The van der Waals surface area contributed by atoms with E-state index in [0.29, 0.717) is 16.4 Å². The molecule has 0 amide bonds. The smallest absolute Gasteiger partial charge is 0.273 e. The van der Waals surface area contributed by atoms with Crippen molar-refractivity contribution in [1.29, 1.82) is 0 Å². The highest BCUT2D eigenvalue weighted by Gasteiger charge is 2.12. The normalized spacial score (nSPS) is 10.3. The summed E-state index contributed by atoms with van der Waals surface area (Å²) < 4.78 is 5.04. The molecule has 1 N–H and O–H groups in total. The summed E-state index contributed by atoms with van der Waals surface area (Å²) in [6.07, 6.45) is 4.19. The molecule has 0 radical (unpaired) electrons. The summed E-state index contributed by atoms with van der Waals surface area (Å²) in [7, 11) is 1.56. The molecule has 0 saturated carbocycles. The SMILES string of the molecule is COc1ncc(-c2cc(C=O)c(O)c(SC)c2)s1. The number of benzene rings is 1. The largest absolute Gasteiger partial charge is 0.506 e. The Balaban J connectivity index is 2.53. The number of methoxy groups -OCH3 is 1. The van der Waals surface area contributed by atoms with Crippen LogP contribution in [0.1, 0.15) is 10.4 Å². The van der Waals surface area contributed by atoms with Crippen LogP contribution in [0.3, 0.4) is 0 Å². The summed E-state index contributed by atoms with van der Waals surface area (Å²) in [5.74, 6) is 0.0257. The van der Waals surface area contributed by atoms with E-state index in [4.69, 9.17) is 4.74 Å². The van der Waals surface area contributed by atoms with Crippen molar-refractivity contribution in [2.75, 3.05) is 13.4 Å². The first-order valence-corrected chi connectivity index (χ1v) is 7.10. The topological polar surface area (TPSA) is 59.4 Å². The number of thiazole rings is 1. The Hall–Kier alpha value is -1.53. The molecule has 2 rings (SSSR count). The van der Waals surface area contributed by atoms with Gasteiger partial charge >= 0.3 is 0 Å². The minimum atomic E-state index is 0.0257. The third-order valence-corrected chi connectivity index (χ3v) is 4.15. The summed E-state index contributed by atoms with van der Waals surface area (Å²) in [6.45, 7) is 0. The molecule has 0 unspecified atom stereocenters. The molecule has 94 valence electrons. The van der Waals surface area contributed by atoms with Crippen LogP contribution in [0.15, 0.2) is 23.2 Å². The zero-order valence-corrected chi connectivity index (χ0v) is 11.5. The highest BCUT2D eigenvalue weighted by molar-refractivity contribution is 7.98. The lowest BCUT2D eigenvalue weighted by Gasteiger charge is -2.06.